The molecule has 0 N–H and O–H groups in total. The summed E-state index contributed by atoms with van der Waals surface area (Å²) in [6.45, 7) is 0.453. The van der Waals surface area contributed by atoms with Gasteiger partial charge in [-0.25, -0.2) is 9.97 Å². The first-order valence-electron chi connectivity index (χ1n) is 5.20. The fourth-order valence-electron chi connectivity index (χ4n) is 1.48. The molecule has 102 valence electrons. The first-order valence-corrected chi connectivity index (χ1v) is 6.52. The molecule has 2 rings (SSSR count). The normalized spacial score (nSPS) is 11.6. The van der Waals surface area contributed by atoms with Gasteiger partial charge in [-0.15, -0.1) is 0 Å². The van der Waals surface area contributed by atoms with Gasteiger partial charge in [0.1, 0.15) is 5.82 Å². The van der Waals surface area contributed by atoms with Gasteiger partial charge in [0, 0.05) is 19.7 Å². The van der Waals surface area contributed by atoms with Gasteiger partial charge in [0.25, 0.3) is 0 Å². The van der Waals surface area contributed by atoms with Gasteiger partial charge in [-0.2, -0.15) is 24.5 Å². The Morgan fingerprint density at radius 2 is 2.11 bits per heavy atom. The fourth-order valence-corrected chi connectivity index (χ4v) is 2.32. The topological polar surface area (TPSA) is 29.0 Å². The minimum atomic E-state index is -4.54. The second-order valence-corrected chi connectivity index (χ2v) is 4.98. The highest BCUT2D eigenvalue weighted by atomic mass is 35.5. The quantitative estimate of drug-likeness (QED) is 0.807. The van der Waals surface area contributed by atoms with Crippen LogP contribution < -0.4 is 4.90 Å². The van der Waals surface area contributed by atoms with Crippen molar-refractivity contribution >= 4 is 28.8 Å². The predicted octanol–water partition coefficient (Wildman–Crippen LogP) is 3.85. The zero-order valence-corrected chi connectivity index (χ0v) is 11.4. The summed E-state index contributed by atoms with van der Waals surface area (Å²) in [5, 5.41) is 3.41. The Hall–Kier alpha value is -1.34. The van der Waals surface area contributed by atoms with Crippen LogP contribution >= 0.6 is 22.9 Å². The molecule has 8 heteroatoms. The summed E-state index contributed by atoms with van der Waals surface area (Å²) in [6, 6.07) is 2.78. The number of thiophene rings is 1. The summed E-state index contributed by atoms with van der Waals surface area (Å²) < 4.78 is 37.9. The molecule has 0 bridgehead atoms. The maximum Gasteiger partial charge on any atom is 0.433 e. The monoisotopic (exact) mass is 307 g/mol. The third kappa shape index (κ3) is 3.57. The van der Waals surface area contributed by atoms with E-state index in [2.05, 4.69) is 9.97 Å². The van der Waals surface area contributed by atoms with Crippen LogP contribution in [0.25, 0.3) is 0 Å². The number of halogens is 4. The van der Waals surface area contributed by atoms with Crippen molar-refractivity contribution in [2.75, 3.05) is 11.9 Å². The molecular weight excluding hydrogens is 299 g/mol. The average molecular weight is 308 g/mol. The smallest absolute Gasteiger partial charge is 0.355 e. The van der Waals surface area contributed by atoms with Crippen molar-refractivity contribution in [3.05, 3.63) is 39.4 Å². The zero-order chi connectivity index (χ0) is 14.0. The summed E-state index contributed by atoms with van der Waals surface area (Å²) in [5.74, 6) is 0.138. The van der Waals surface area contributed by atoms with Crippen LogP contribution in [-0.2, 0) is 12.7 Å². The lowest BCUT2D eigenvalue weighted by Gasteiger charge is -2.18. The van der Waals surface area contributed by atoms with Crippen LogP contribution in [0, 0.1) is 0 Å². The van der Waals surface area contributed by atoms with Gasteiger partial charge in [0.15, 0.2) is 5.69 Å². The minimum absolute atomic E-state index is 0.138. The van der Waals surface area contributed by atoms with Gasteiger partial charge < -0.3 is 4.90 Å². The van der Waals surface area contributed by atoms with E-state index < -0.39 is 17.2 Å². The Morgan fingerprint density at radius 3 is 2.68 bits per heavy atom. The number of rotatable bonds is 3. The van der Waals surface area contributed by atoms with E-state index in [1.165, 1.54) is 11.3 Å². The van der Waals surface area contributed by atoms with Gasteiger partial charge >= 0.3 is 6.18 Å². The molecule has 0 unspecified atom stereocenters. The molecule has 2 aromatic heterocycles. The molecule has 2 heterocycles. The van der Waals surface area contributed by atoms with E-state index in [0.29, 0.717) is 6.54 Å². The van der Waals surface area contributed by atoms with Crippen LogP contribution in [0.3, 0.4) is 0 Å². The Bertz CT molecular complexity index is 557. The standard InChI is InChI=1S/C11H9ClF3N3S/c1-18(5-7-2-3-19-6-7)9-4-8(11(13,14)15)16-10(12)17-9/h2-4,6H,5H2,1H3. The maximum absolute atomic E-state index is 12.6. The number of hydrogen-bond donors (Lipinski definition) is 0. The highest BCUT2D eigenvalue weighted by Crippen LogP contribution is 2.30. The van der Waals surface area contributed by atoms with Crippen molar-refractivity contribution in [3.8, 4) is 0 Å². The highest BCUT2D eigenvalue weighted by molar-refractivity contribution is 7.07. The molecule has 0 saturated carbocycles. The molecule has 0 aliphatic heterocycles. The zero-order valence-electron chi connectivity index (χ0n) is 9.78. The van der Waals surface area contributed by atoms with E-state index in [9.17, 15) is 13.2 Å². The maximum atomic E-state index is 12.6. The molecule has 0 saturated heterocycles. The molecule has 0 spiro atoms. The first kappa shape index (κ1) is 14.1. The van der Waals surface area contributed by atoms with Crippen molar-refractivity contribution < 1.29 is 13.2 Å². The molecule has 19 heavy (non-hydrogen) atoms. The molecule has 0 fully saturated rings. The van der Waals surface area contributed by atoms with Gasteiger partial charge in [-0.05, 0) is 34.0 Å². The molecule has 0 aromatic carbocycles. The van der Waals surface area contributed by atoms with E-state index >= 15 is 0 Å². The SMILES string of the molecule is CN(Cc1ccsc1)c1cc(C(F)(F)F)nc(Cl)n1. The van der Waals surface area contributed by atoms with E-state index in [1.807, 2.05) is 16.8 Å². The van der Waals surface area contributed by atoms with Crippen molar-refractivity contribution in [3.63, 3.8) is 0 Å². The van der Waals surface area contributed by atoms with Crippen molar-refractivity contribution in [2.45, 2.75) is 12.7 Å². The Labute approximate surface area is 116 Å². The summed E-state index contributed by atoms with van der Waals surface area (Å²) >= 11 is 7.06. The van der Waals surface area contributed by atoms with Crippen LogP contribution in [0.1, 0.15) is 11.3 Å². The molecule has 2 aromatic rings. The second kappa shape index (κ2) is 5.34. The fraction of sp³-hybridized carbons (Fsp3) is 0.273. The van der Waals surface area contributed by atoms with Crippen molar-refractivity contribution in [1.29, 1.82) is 0 Å². The molecule has 3 nitrogen and oxygen atoms in total. The van der Waals surface area contributed by atoms with Gasteiger partial charge in [-0.3, -0.25) is 0 Å². The number of hydrogen-bond acceptors (Lipinski definition) is 4. The number of nitrogens with zero attached hydrogens (tertiary/aromatic N) is 3. The van der Waals surface area contributed by atoms with Gasteiger partial charge in [0.2, 0.25) is 5.28 Å². The molecular formula is C11H9ClF3N3S. The van der Waals surface area contributed by atoms with Crippen LogP contribution in [0.5, 0.6) is 0 Å². The molecule has 0 radical (unpaired) electrons. The number of aromatic nitrogens is 2. The van der Waals surface area contributed by atoms with Crippen LogP contribution in [0.2, 0.25) is 5.28 Å². The highest BCUT2D eigenvalue weighted by Gasteiger charge is 2.33. The third-order valence-electron chi connectivity index (χ3n) is 2.37. The Kier molecular flexibility index (Phi) is 3.96. The molecule has 0 atom stereocenters. The molecule has 0 aliphatic rings. The largest absolute Gasteiger partial charge is 0.433 e. The minimum Gasteiger partial charge on any atom is -0.355 e. The van der Waals surface area contributed by atoms with E-state index in [0.717, 1.165) is 11.6 Å². The summed E-state index contributed by atoms with van der Waals surface area (Å²) in [4.78, 5) is 8.59. The lowest BCUT2D eigenvalue weighted by Crippen LogP contribution is -2.19. The van der Waals surface area contributed by atoms with Gasteiger partial charge in [0.05, 0.1) is 0 Å². The van der Waals surface area contributed by atoms with E-state index in [4.69, 9.17) is 11.6 Å². The van der Waals surface area contributed by atoms with E-state index in [1.54, 1.807) is 11.9 Å². The van der Waals surface area contributed by atoms with Crippen LogP contribution in [0.15, 0.2) is 22.9 Å². The third-order valence-corrected chi connectivity index (χ3v) is 3.27. The van der Waals surface area contributed by atoms with E-state index in [-0.39, 0.29) is 5.82 Å². The average Bonchev–Trinajstić information content (AvgIpc) is 2.79. The summed E-state index contributed by atoms with van der Waals surface area (Å²) in [7, 11) is 1.65. The Balaban J connectivity index is 2.26. The van der Waals surface area contributed by atoms with Gasteiger partial charge in [-0.1, -0.05) is 0 Å². The molecule has 0 amide bonds. The number of alkyl halides is 3. The predicted molar refractivity (Wildman–Crippen MR) is 68.5 cm³/mol. The lowest BCUT2D eigenvalue weighted by molar-refractivity contribution is -0.141. The Morgan fingerprint density at radius 1 is 1.37 bits per heavy atom. The van der Waals surface area contributed by atoms with Crippen LogP contribution in [-0.4, -0.2) is 17.0 Å². The first-order chi connectivity index (χ1) is 8.86. The molecule has 0 aliphatic carbocycles. The second-order valence-electron chi connectivity index (χ2n) is 3.87. The summed E-state index contributed by atoms with van der Waals surface area (Å²) in [5.41, 5.74) is -0.0459. The van der Waals surface area contributed by atoms with Crippen LogP contribution in [0.4, 0.5) is 19.0 Å². The number of anilines is 1. The van der Waals surface area contributed by atoms with Crippen molar-refractivity contribution in [2.24, 2.45) is 0 Å². The van der Waals surface area contributed by atoms with Crippen molar-refractivity contribution in [1.82, 2.24) is 9.97 Å². The lowest BCUT2D eigenvalue weighted by atomic mass is 10.3. The summed E-state index contributed by atoms with van der Waals surface area (Å²) in [6.07, 6.45) is -4.54.